The lowest BCUT2D eigenvalue weighted by Crippen LogP contribution is -2.15. The van der Waals surface area contributed by atoms with Gasteiger partial charge in [0.1, 0.15) is 5.75 Å². The van der Waals surface area contributed by atoms with Crippen molar-refractivity contribution in [1.82, 2.24) is 15.2 Å². The van der Waals surface area contributed by atoms with Gasteiger partial charge in [0.15, 0.2) is 11.6 Å². The number of aromatic nitrogens is 3. The number of nitrogens with zero attached hydrogens (tertiary/aromatic N) is 2. The Morgan fingerprint density at radius 3 is 2.43 bits per heavy atom. The number of nitrogens with one attached hydrogen (secondary N) is 1. The predicted octanol–water partition coefficient (Wildman–Crippen LogP) is 4.26. The summed E-state index contributed by atoms with van der Waals surface area (Å²) in [6, 6.07) is 7.26. The first-order valence-electron chi connectivity index (χ1n) is 8.70. The van der Waals surface area contributed by atoms with Gasteiger partial charge in [0.2, 0.25) is 5.89 Å². The van der Waals surface area contributed by atoms with E-state index in [-0.39, 0.29) is 11.6 Å². The van der Waals surface area contributed by atoms with Crippen LogP contribution in [0.5, 0.6) is 5.75 Å². The third-order valence-corrected chi connectivity index (χ3v) is 5.36. The average Bonchev–Trinajstić information content (AvgIpc) is 3.25. The largest absolute Gasteiger partial charge is 0.497 e. The molecule has 0 aliphatic rings. The van der Waals surface area contributed by atoms with E-state index in [9.17, 15) is 9.59 Å². The number of H-pyrrole nitrogens is 1. The van der Waals surface area contributed by atoms with Crippen LogP contribution in [0.2, 0.25) is 0 Å². The smallest absolute Gasteiger partial charge is 0.277 e. The van der Waals surface area contributed by atoms with Gasteiger partial charge in [0.05, 0.1) is 18.1 Å². The molecule has 0 radical (unpaired) electrons. The summed E-state index contributed by atoms with van der Waals surface area (Å²) in [5.41, 5.74) is 3.15. The summed E-state index contributed by atoms with van der Waals surface area (Å²) in [7, 11) is 1.60. The first kappa shape index (κ1) is 19.9. The fraction of sp³-hybridized carbons (Fsp3) is 0.300. The lowest BCUT2D eigenvalue weighted by atomic mass is 10.0. The number of hydrogen-bond acceptors (Lipinski definition) is 7. The molecule has 1 unspecified atom stereocenters. The van der Waals surface area contributed by atoms with Crippen molar-refractivity contribution in [2.75, 3.05) is 7.11 Å². The minimum atomic E-state index is -0.458. The molecule has 8 heteroatoms. The minimum absolute atomic E-state index is 0.0633. The third-order valence-electron chi connectivity index (χ3n) is 4.43. The molecule has 0 saturated carbocycles. The van der Waals surface area contributed by atoms with Crippen LogP contribution in [0.4, 0.5) is 0 Å². The van der Waals surface area contributed by atoms with Crippen LogP contribution in [0.3, 0.4) is 0 Å². The van der Waals surface area contributed by atoms with Gasteiger partial charge in [0, 0.05) is 16.8 Å². The molecule has 0 aliphatic heterocycles. The van der Waals surface area contributed by atoms with Gasteiger partial charge < -0.3 is 14.1 Å². The molecule has 1 aromatic carbocycles. The van der Waals surface area contributed by atoms with Gasteiger partial charge in [-0.1, -0.05) is 11.8 Å². The molecule has 0 spiro atoms. The molecule has 2 heterocycles. The molecule has 0 fully saturated rings. The number of rotatable bonds is 7. The molecule has 1 atom stereocenters. The summed E-state index contributed by atoms with van der Waals surface area (Å²) >= 11 is 1.18. The highest BCUT2D eigenvalue weighted by molar-refractivity contribution is 8.00. The van der Waals surface area contributed by atoms with Gasteiger partial charge >= 0.3 is 0 Å². The molecule has 3 rings (SSSR count). The number of benzene rings is 1. The van der Waals surface area contributed by atoms with E-state index in [0.29, 0.717) is 33.6 Å². The molecule has 3 aromatic rings. The molecule has 0 amide bonds. The van der Waals surface area contributed by atoms with Crippen LogP contribution in [0.25, 0.3) is 11.5 Å². The lowest BCUT2D eigenvalue weighted by Gasteiger charge is -2.07. The number of thioether (sulfide) groups is 1. The van der Waals surface area contributed by atoms with Crippen molar-refractivity contribution in [2.24, 2.45) is 0 Å². The zero-order chi connectivity index (χ0) is 20.4. The highest BCUT2D eigenvalue weighted by Gasteiger charge is 2.25. The zero-order valence-corrected chi connectivity index (χ0v) is 17.1. The second-order valence-corrected chi connectivity index (χ2v) is 7.70. The van der Waals surface area contributed by atoms with Crippen LogP contribution in [-0.2, 0) is 0 Å². The highest BCUT2D eigenvalue weighted by Crippen LogP contribution is 2.29. The summed E-state index contributed by atoms with van der Waals surface area (Å²) in [6.07, 6.45) is 0. The molecular formula is C20H21N3O4S. The van der Waals surface area contributed by atoms with Crippen molar-refractivity contribution in [3.8, 4) is 17.2 Å². The van der Waals surface area contributed by atoms with Gasteiger partial charge in [-0.25, -0.2) is 0 Å². The van der Waals surface area contributed by atoms with E-state index in [2.05, 4.69) is 15.2 Å². The van der Waals surface area contributed by atoms with Crippen molar-refractivity contribution >= 4 is 23.3 Å². The molecule has 7 nitrogen and oxygen atoms in total. The molecular weight excluding hydrogens is 378 g/mol. The lowest BCUT2D eigenvalue weighted by molar-refractivity contribution is 0.0988. The number of Topliss-reactive ketones (excluding diaryl/α,β-unsaturated/α-hetero) is 2. The van der Waals surface area contributed by atoms with Crippen LogP contribution in [0, 0.1) is 13.8 Å². The fourth-order valence-corrected chi connectivity index (χ4v) is 3.78. The third kappa shape index (κ3) is 3.87. The topological polar surface area (TPSA) is 98.1 Å². The van der Waals surface area contributed by atoms with E-state index >= 15 is 0 Å². The molecule has 0 bridgehead atoms. The van der Waals surface area contributed by atoms with Crippen molar-refractivity contribution in [3.63, 3.8) is 0 Å². The number of methoxy groups -OCH3 is 1. The van der Waals surface area contributed by atoms with E-state index in [0.717, 1.165) is 11.3 Å². The maximum atomic E-state index is 12.8. The number of hydrogen-bond donors (Lipinski definition) is 1. The van der Waals surface area contributed by atoms with Crippen molar-refractivity contribution < 1.29 is 18.7 Å². The number of aromatic amines is 1. The average molecular weight is 399 g/mol. The summed E-state index contributed by atoms with van der Waals surface area (Å²) < 4.78 is 10.8. The highest BCUT2D eigenvalue weighted by atomic mass is 32.2. The Morgan fingerprint density at radius 1 is 1.18 bits per heavy atom. The van der Waals surface area contributed by atoms with Crippen molar-refractivity contribution in [3.05, 3.63) is 46.8 Å². The maximum Gasteiger partial charge on any atom is 0.277 e. The first-order valence-corrected chi connectivity index (χ1v) is 9.58. The SMILES string of the molecule is COc1ccc(-c2nnc(SC(C)C(=O)c3[nH]c(C)c(C(C)=O)c3C)o2)cc1. The number of aryl methyl sites for hydroxylation is 1. The van der Waals surface area contributed by atoms with Gasteiger partial charge in [-0.3, -0.25) is 9.59 Å². The van der Waals surface area contributed by atoms with Gasteiger partial charge in [-0.15, -0.1) is 10.2 Å². The van der Waals surface area contributed by atoms with Gasteiger partial charge in [-0.2, -0.15) is 0 Å². The molecule has 2 aromatic heterocycles. The van der Waals surface area contributed by atoms with E-state index < -0.39 is 5.25 Å². The number of carbonyl (C=O) groups is 2. The van der Waals surface area contributed by atoms with Gasteiger partial charge in [0.25, 0.3) is 5.22 Å². The monoisotopic (exact) mass is 399 g/mol. The van der Waals surface area contributed by atoms with E-state index in [1.807, 2.05) is 12.1 Å². The second-order valence-electron chi connectivity index (χ2n) is 6.41. The van der Waals surface area contributed by atoms with E-state index in [1.165, 1.54) is 18.7 Å². The summed E-state index contributed by atoms with van der Waals surface area (Å²) in [4.78, 5) is 27.7. The summed E-state index contributed by atoms with van der Waals surface area (Å²) in [6.45, 7) is 6.83. The van der Waals surface area contributed by atoms with Crippen molar-refractivity contribution in [1.29, 1.82) is 0 Å². The van der Waals surface area contributed by atoms with Crippen LogP contribution < -0.4 is 4.74 Å². The Morgan fingerprint density at radius 2 is 1.86 bits per heavy atom. The predicted molar refractivity (Wildman–Crippen MR) is 106 cm³/mol. The van der Waals surface area contributed by atoms with Crippen LogP contribution >= 0.6 is 11.8 Å². The Labute approximate surface area is 166 Å². The summed E-state index contributed by atoms with van der Waals surface area (Å²) in [5, 5.41) is 7.91. The maximum absolute atomic E-state index is 12.8. The van der Waals surface area contributed by atoms with Crippen LogP contribution in [-0.4, -0.2) is 39.1 Å². The van der Waals surface area contributed by atoms with E-state index in [4.69, 9.17) is 9.15 Å². The molecule has 0 aliphatic carbocycles. The number of carbonyl (C=O) groups excluding carboxylic acids is 2. The summed E-state index contributed by atoms with van der Waals surface area (Å²) in [5.74, 6) is 0.920. The van der Waals surface area contributed by atoms with Crippen LogP contribution in [0.1, 0.15) is 46.0 Å². The van der Waals surface area contributed by atoms with E-state index in [1.54, 1.807) is 40.0 Å². The second kappa shape index (κ2) is 8.02. The normalized spacial score (nSPS) is 12.0. The molecule has 146 valence electrons. The first-order chi connectivity index (χ1) is 13.3. The quantitative estimate of drug-likeness (QED) is 0.468. The Hall–Kier alpha value is -2.87. The van der Waals surface area contributed by atoms with Gasteiger partial charge in [-0.05, 0) is 57.5 Å². The zero-order valence-electron chi connectivity index (χ0n) is 16.3. The Kier molecular flexibility index (Phi) is 5.69. The number of ether oxygens (including phenoxy) is 1. The standard InChI is InChI=1S/C20H21N3O4S/c1-10-16(12(3)24)11(2)21-17(10)18(25)13(4)28-20-23-22-19(27-20)14-6-8-15(26-5)9-7-14/h6-9,13,21H,1-5H3. The number of ketones is 2. The minimum Gasteiger partial charge on any atom is -0.497 e. The fourth-order valence-electron chi connectivity index (χ4n) is 3.04. The molecule has 28 heavy (non-hydrogen) atoms. The molecule has 0 saturated heterocycles. The van der Waals surface area contributed by atoms with Crippen molar-refractivity contribution in [2.45, 2.75) is 38.2 Å². The van der Waals surface area contributed by atoms with Crippen LogP contribution in [0.15, 0.2) is 33.9 Å². The molecule has 1 N–H and O–H groups in total. The Bertz CT molecular complexity index is 1020. The Balaban J connectivity index is 1.75.